The first-order valence-electron chi connectivity index (χ1n) is 6.93. The summed E-state index contributed by atoms with van der Waals surface area (Å²) in [4.78, 5) is 8.86. The van der Waals surface area contributed by atoms with Crippen molar-refractivity contribution in [3.05, 3.63) is 18.1 Å². The van der Waals surface area contributed by atoms with E-state index in [2.05, 4.69) is 22.2 Å². The Labute approximate surface area is 109 Å². The van der Waals surface area contributed by atoms with Crippen molar-refractivity contribution in [2.75, 3.05) is 13.7 Å². The van der Waals surface area contributed by atoms with Gasteiger partial charge in [-0.3, -0.25) is 4.98 Å². The smallest absolute Gasteiger partial charge is 0.237 e. The maximum Gasteiger partial charge on any atom is 0.237 e. The van der Waals surface area contributed by atoms with Gasteiger partial charge in [0.15, 0.2) is 0 Å². The summed E-state index contributed by atoms with van der Waals surface area (Å²) in [5, 5.41) is 3.70. The molecule has 1 saturated heterocycles. The standard InChI is InChI=1S/C14H23N3O/c1-3-7-14(8-5-4-6-9-17-14)12-13(18-2)16-11-10-15-12/h10-11,17H,3-9H2,1-2H3. The maximum atomic E-state index is 5.40. The first-order chi connectivity index (χ1) is 8.82. The van der Waals surface area contributed by atoms with Crippen molar-refractivity contribution in [3.8, 4) is 5.88 Å². The van der Waals surface area contributed by atoms with E-state index >= 15 is 0 Å². The molecule has 1 aliphatic heterocycles. The van der Waals surface area contributed by atoms with E-state index in [0.717, 1.165) is 31.5 Å². The van der Waals surface area contributed by atoms with Crippen LogP contribution in [0.5, 0.6) is 5.88 Å². The summed E-state index contributed by atoms with van der Waals surface area (Å²) in [6.07, 6.45) is 10.6. The zero-order valence-corrected chi connectivity index (χ0v) is 11.4. The number of hydrogen-bond acceptors (Lipinski definition) is 4. The van der Waals surface area contributed by atoms with Crippen LogP contribution in [-0.4, -0.2) is 23.6 Å². The lowest BCUT2D eigenvalue weighted by molar-refractivity contribution is 0.269. The summed E-state index contributed by atoms with van der Waals surface area (Å²) in [5.41, 5.74) is 0.932. The maximum absolute atomic E-state index is 5.40. The summed E-state index contributed by atoms with van der Waals surface area (Å²) in [6.45, 7) is 3.27. The topological polar surface area (TPSA) is 47.0 Å². The number of aromatic nitrogens is 2. The highest BCUT2D eigenvalue weighted by molar-refractivity contribution is 5.26. The molecule has 1 atom stereocenters. The van der Waals surface area contributed by atoms with Crippen molar-refractivity contribution < 1.29 is 4.74 Å². The van der Waals surface area contributed by atoms with Gasteiger partial charge in [-0.1, -0.05) is 26.2 Å². The van der Waals surface area contributed by atoms with E-state index in [9.17, 15) is 0 Å². The predicted molar refractivity (Wildman–Crippen MR) is 71.6 cm³/mol. The number of rotatable bonds is 4. The van der Waals surface area contributed by atoms with Crippen molar-refractivity contribution in [3.63, 3.8) is 0 Å². The van der Waals surface area contributed by atoms with Crippen LogP contribution in [0.15, 0.2) is 12.4 Å². The summed E-state index contributed by atoms with van der Waals surface area (Å²) in [7, 11) is 1.67. The van der Waals surface area contributed by atoms with Gasteiger partial charge < -0.3 is 10.1 Å². The number of nitrogens with zero attached hydrogens (tertiary/aromatic N) is 2. The molecule has 0 bridgehead atoms. The van der Waals surface area contributed by atoms with Gasteiger partial charge in [0.25, 0.3) is 0 Å². The van der Waals surface area contributed by atoms with E-state index < -0.39 is 0 Å². The van der Waals surface area contributed by atoms with Crippen molar-refractivity contribution in [1.82, 2.24) is 15.3 Å². The fourth-order valence-electron chi connectivity index (χ4n) is 2.91. The molecule has 4 heteroatoms. The van der Waals surface area contributed by atoms with Gasteiger partial charge in [0.1, 0.15) is 5.69 Å². The van der Waals surface area contributed by atoms with Gasteiger partial charge in [-0.05, 0) is 25.8 Å². The largest absolute Gasteiger partial charge is 0.480 e. The van der Waals surface area contributed by atoms with Crippen LogP contribution in [0.4, 0.5) is 0 Å². The molecule has 2 rings (SSSR count). The molecule has 0 aliphatic carbocycles. The molecule has 1 aliphatic rings. The fourth-order valence-corrected chi connectivity index (χ4v) is 2.91. The highest BCUT2D eigenvalue weighted by Gasteiger charge is 2.36. The molecule has 2 heterocycles. The fraction of sp³-hybridized carbons (Fsp3) is 0.714. The molecule has 0 amide bonds. The number of ether oxygens (including phenoxy) is 1. The quantitative estimate of drug-likeness (QED) is 0.891. The first-order valence-corrected chi connectivity index (χ1v) is 6.93. The van der Waals surface area contributed by atoms with Gasteiger partial charge in [0.2, 0.25) is 5.88 Å². The third kappa shape index (κ3) is 2.64. The molecule has 1 aromatic heterocycles. The van der Waals surface area contributed by atoms with Crippen LogP contribution < -0.4 is 10.1 Å². The number of methoxy groups -OCH3 is 1. The third-order valence-corrected chi connectivity index (χ3v) is 3.73. The molecule has 0 saturated carbocycles. The molecule has 1 aromatic rings. The lowest BCUT2D eigenvalue weighted by Crippen LogP contribution is -2.42. The Bertz CT molecular complexity index is 373. The number of nitrogens with one attached hydrogen (secondary N) is 1. The summed E-state index contributed by atoms with van der Waals surface area (Å²) in [6, 6.07) is 0. The zero-order valence-electron chi connectivity index (χ0n) is 11.4. The van der Waals surface area contributed by atoms with Crippen LogP contribution >= 0.6 is 0 Å². The SMILES string of the molecule is CCCC1(c2nccnc2OC)CCCCCN1. The van der Waals surface area contributed by atoms with E-state index in [1.807, 2.05) is 0 Å². The zero-order chi connectivity index (χ0) is 12.8. The van der Waals surface area contributed by atoms with Crippen LogP contribution in [0.25, 0.3) is 0 Å². The van der Waals surface area contributed by atoms with Crippen LogP contribution in [0, 0.1) is 0 Å². The lowest BCUT2D eigenvalue weighted by atomic mass is 9.85. The van der Waals surface area contributed by atoms with E-state index in [-0.39, 0.29) is 5.54 Å². The molecule has 4 nitrogen and oxygen atoms in total. The van der Waals surface area contributed by atoms with Crippen LogP contribution in [0.2, 0.25) is 0 Å². The Morgan fingerprint density at radius 1 is 1.28 bits per heavy atom. The summed E-state index contributed by atoms with van der Waals surface area (Å²) >= 11 is 0. The van der Waals surface area contributed by atoms with Crippen LogP contribution in [-0.2, 0) is 5.54 Å². The average Bonchev–Trinajstić information content (AvgIpc) is 2.66. The second kappa shape index (κ2) is 6.14. The molecular weight excluding hydrogens is 226 g/mol. The summed E-state index contributed by atoms with van der Waals surface area (Å²) in [5.74, 6) is 0.667. The molecule has 0 radical (unpaired) electrons. The molecule has 18 heavy (non-hydrogen) atoms. The van der Waals surface area contributed by atoms with Gasteiger partial charge in [0.05, 0.1) is 12.6 Å². The third-order valence-electron chi connectivity index (χ3n) is 3.73. The second-order valence-corrected chi connectivity index (χ2v) is 4.98. The molecule has 1 N–H and O–H groups in total. The first kappa shape index (κ1) is 13.3. The van der Waals surface area contributed by atoms with Crippen LogP contribution in [0.1, 0.15) is 51.1 Å². The Morgan fingerprint density at radius 3 is 2.89 bits per heavy atom. The van der Waals surface area contributed by atoms with Crippen molar-refractivity contribution >= 4 is 0 Å². The number of hydrogen-bond donors (Lipinski definition) is 1. The Hall–Kier alpha value is -1.16. The lowest BCUT2D eigenvalue weighted by Gasteiger charge is -2.33. The molecule has 0 spiro atoms. The van der Waals surface area contributed by atoms with E-state index in [1.54, 1.807) is 19.5 Å². The summed E-state index contributed by atoms with van der Waals surface area (Å²) < 4.78 is 5.40. The van der Waals surface area contributed by atoms with Crippen LogP contribution in [0.3, 0.4) is 0 Å². The molecule has 100 valence electrons. The molecule has 0 aromatic carbocycles. The van der Waals surface area contributed by atoms with Crippen molar-refractivity contribution in [1.29, 1.82) is 0 Å². The van der Waals surface area contributed by atoms with E-state index in [1.165, 1.54) is 19.3 Å². The highest BCUT2D eigenvalue weighted by Crippen LogP contribution is 2.36. The van der Waals surface area contributed by atoms with Gasteiger partial charge in [0, 0.05) is 12.4 Å². The van der Waals surface area contributed by atoms with Gasteiger partial charge in [-0.2, -0.15) is 0 Å². The average molecular weight is 249 g/mol. The Balaban J connectivity index is 2.38. The predicted octanol–water partition coefficient (Wildman–Crippen LogP) is 2.64. The minimum Gasteiger partial charge on any atom is -0.480 e. The Morgan fingerprint density at radius 2 is 2.11 bits per heavy atom. The van der Waals surface area contributed by atoms with Crippen molar-refractivity contribution in [2.45, 2.75) is 51.0 Å². The normalized spacial score (nSPS) is 24.6. The Kier molecular flexibility index (Phi) is 4.53. The highest BCUT2D eigenvalue weighted by atomic mass is 16.5. The molecular formula is C14H23N3O. The molecule has 1 fully saturated rings. The monoisotopic (exact) mass is 249 g/mol. The molecule has 1 unspecified atom stereocenters. The van der Waals surface area contributed by atoms with E-state index in [0.29, 0.717) is 5.88 Å². The van der Waals surface area contributed by atoms with Crippen molar-refractivity contribution in [2.24, 2.45) is 0 Å². The van der Waals surface area contributed by atoms with Gasteiger partial charge in [-0.25, -0.2) is 4.98 Å². The van der Waals surface area contributed by atoms with E-state index in [4.69, 9.17) is 4.74 Å². The minimum atomic E-state index is -0.0507. The second-order valence-electron chi connectivity index (χ2n) is 4.98. The van der Waals surface area contributed by atoms with Gasteiger partial charge >= 0.3 is 0 Å². The van der Waals surface area contributed by atoms with Gasteiger partial charge in [-0.15, -0.1) is 0 Å². The minimum absolute atomic E-state index is 0.0507.